The Morgan fingerprint density at radius 2 is 1.62 bits per heavy atom. The van der Waals surface area contributed by atoms with Gasteiger partial charge in [-0.2, -0.15) is 0 Å². The average Bonchev–Trinajstić information content (AvgIpc) is 2.91. The molecule has 0 aromatic heterocycles. The van der Waals surface area contributed by atoms with Crippen LogP contribution in [0, 0.1) is 5.92 Å². The lowest BCUT2D eigenvalue weighted by molar-refractivity contribution is -0.142. The number of hydrogen-bond acceptors (Lipinski definition) is 6. The average molecular weight is 546 g/mol. The molecule has 1 saturated carbocycles. The molecule has 10 heteroatoms. The molecule has 2 rings (SSSR count). The Bertz CT molecular complexity index is 905. The molecule has 3 atom stereocenters. The number of hydrogen-bond donors (Lipinski definition) is 6. The van der Waals surface area contributed by atoms with E-state index in [4.69, 9.17) is 5.73 Å². The Balaban J connectivity index is 2.01. The number of rotatable bonds is 17. The third-order valence-electron chi connectivity index (χ3n) is 6.98. The molecule has 1 aliphatic carbocycles. The molecular weight excluding hydrogens is 498 g/mol. The lowest BCUT2D eigenvalue weighted by atomic mass is 9.93. The summed E-state index contributed by atoms with van der Waals surface area (Å²) >= 11 is 0. The second-order valence-electron chi connectivity index (χ2n) is 10.9. The molecule has 0 aliphatic heterocycles. The minimum Gasteiger partial charge on any atom is -0.480 e. The Morgan fingerprint density at radius 3 is 2.23 bits per heavy atom. The fourth-order valence-corrected chi connectivity index (χ4v) is 4.89. The molecular formula is C29H47N5O5. The van der Waals surface area contributed by atoms with Crippen LogP contribution in [0.5, 0.6) is 0 Å². The van der Waals surface area contributed by atoms with Gasteiger partial charge >= 0.3 is 5.97 Å². The fraction of sp³-hybridized carbons (Fsp3) is 0.655. The summed E-state index contributed by atoms with van der Waals surface area (Å²) in [4.78, 5) is 50.7. The molecule has 0 spiro atoms. The summed E-state index contributed by atoms with van der Waals surface area (Å²) in [6, 6.07) is 6.99. The van der Waals surface area contributed by atoms with Gasteiger partial charge in [-0.3, -0.25) is 14.4 Å². The second-order valence-corrected chi connectivity index (χ2v) is 10.9. The maximum absolute atomic E-state index is 13.1. The van der Waals surface area contributed by atoms with Gasteiger partial charge in [-0.1, -0.05) is 63.4 Å². The summed E-state index contributed by atoms with van der Waals surface area (Å²) in [5, 5.41) is 21.0. The maximum Gasteiger partial charge on any atom is 0.326 e. The first kappa shape index (κ1) is 32.2. The molecule has 1 aromatic carbocycles. The third-order valence-corrected chi connectivity index (χ3v) is 6.98. The number of benzene rings is 1. The number of carbonyl (C=O) groups excluding carboxylic acids is 3. The molecule has 218 valence electrons. The standard InChI is InChI=1S/C29H47N5O5/c1-20(2)17-24(32-22-13-7-4-8-14-22)27(36)31-19-26(35)33-25(18-21-11-5-3-6-12-21)28(37)34-23(29(38)39)15-9-10-16-30/h3,5-6,11-12,20,22-25,32H,4,7-10,13-19,30H2,1-2H3,(H,31,36)(H,33,35)(H,34,37)(H,38,39)/t23-,24-,25-/m0/s1. The third kappa shape index (κ3) is 12.6. The molecule has 0 heterocycles. The van der Waals surface area contributed by atoms with Gasteiger partial charge in [0.1, 0.15) is 12.1 Å². The molecule has 1 aliphatic rings. The highest BCUT2D eigenvalue weighted by Gasteiger charge is 2.28. The zero-order chi connectivity index (χ0) is 28.6. The summed E-state index contributed by atoms with van der Waals surface area (Å²) in [5.41, 5.74) is 6.31. The molecule has 1 aromatic rings. The number of aliphatic carboxylic acids is 1. The van der Waals surface area contributed by atoms with Crippen molar-refractivity contribution < 1.29 is 24.3 Å². The topological polar surface area (TPSA) is 163 Å². The summed E-state index contributed by atoms with van der Waals surface area (Å²) in [6.07, 6.45) is 7.89. The number of nitrogens with two attached hydrogens (primary N) is 1. The Labute approximate surface area is 232 Å². The predicted molar refractivity (Wildman–Crippen MR) is 151 cm³/mol. The second kappa shape index (κ2) is 17.6. The van der Waals surface area contributed by atoms with Crippen LogP contribution in [0.1, 0.15) is 77.2 Å². The molecule has 7 N–H and O–H groups in total. The van der Waals surface area contributed by atoms with E-state index >= 15 is 0 Å². The monoisotopic (exact) mass is 545 g/mol. The van der Waals surface area contributed by atoms with Gasteiger partial charge in [0.05, 0.1) is 12.6 Å². The van der Waals surface area contributed by atoms with Gasteiger partial charge in [0.15, 0.2) is 0 Å². The van der Waals surface area contributed by atoms with Crippen molar-refractivity contribution in [1.29, 1.82) is 0 Å². The normalized spacial score (nSPS) is 16.2. The van der Waals surface area contributed by atoms with Crippen molar-refractivity contribution in [1.82, 2.24) is 21.3 Å². The largest absolute Gasteiger partial charge is 0.480 e. The van der Waals surface area contributed by atoms with Crippen LogP contribution in [0.15, 0.2) is 30.3 Å². The van der Waals surface area contributed by atoms with E-state index in [1.165, 1.54) is 6.42 Å². The highest BCUT2D eigenvalue weighted by molar-refractivity contribution is 5.92. The van der Waals surface area contributed by atoms with Crippen molar-refractivity contribution >= 4 is 23.7 Å². The van der Waals surface area contributed by atoms with E-state index in [0.29, 0.717) is 37.8 Å². The van der Waals surface area contributed by atoms with Gasteiger partial charge in [-0.05, 0) is 56.6 Å². The molecule has 39 heavy (non-hydrogen) atoms. The number of carbonyl (C=O) groups is 4. The lowest BCUT2D eigenvalue weighted by Crippen LogP contribution is -2.55. The number of nitrogens with one attached hydrogen (secondary N) is 4. The first-order valence-electron chi connectivity index (χ1n) is 14.3. The molecule has 10 nitrogen and oxygen atoms in total. The van der Waals surface area contributed by atoms with Crippen LogP contribution in [0.2, 0.25) is 0 Å². The first-order valence-corrected chi connectivity index (χ1v) is 14.3. The van der Waals surface area contributed by atoms with Gasteiger partial charge in [0.25, 0.3) is 0 Å². The fourth-order valence-electron chi connectivity index (χ4n) is 4.89. The SMILES string of the molecule is CC(C)C[C@H](NC1CCCCC1)C(=O)NCC(=O)N[C@@H](Cc1ccccc1)C(=O)N[C@@H](CCCCN)C(=O)O. The van der Waals surface area contributed by atoms with Gasteiger partial charge in [0.2, 0.25) is 17.7 Å². The molecule has 3 amide bonds. The number of unbranched alkanes of at least 4 members (excludes halogenated alkanes) is 1. The van der Waals surface area contributed by atoms with E-state index in [1.54, 1.807) is 0 Å². The zero-order valence-electron chi connectivity index (χ0n) is 23.4. The maximum atomic E-state index is 13.1. The first-order chi connectivity index (χ1) is 18.7. The summed E-state index contributed by atoms with van der Waals surface area (Å²) < 4.78 is 0. The predicted octanol–water partition coefficient (Wildman–Crippen LogP) is 1.87. The summed E-state index contributed by atoms with van der Waals surface area (Å²) in [5.74, 6) is -2.18. The van der Waals surface area contributed by atoms with E-state index in [2.05, 4.69) is 35.1 Å². The summed E-state index contributed by atoms with van der Waals surface area (Å²) in [7, 11) is 0. The van der Waals surface area contributed by atoms with Crippen molar-refractivity contribution in [2.75, 3.05) is 13.1 Å². The quantitative estimate of drug-likeness (QED) is 0.163. The van der Waals surface area contributed by atoms with Crippen LogP contribution in [-0.4, -0.2) is 66.1 Å². The van der Waals surface area contributed by atoms with E-state index in [-0.39, 0.29) is 25.3 Å². The highest BCUT2D eigenvalue weighted by Crippen LogP contribution is 2.19. The number of amides is 3. The van der Waals surface area contributed by atoms with Gasteiger partial charge < -0.3 is 32.1 Å². The van der Waals surface area contributed by atoms with Crippen LogP contribution in [-0.2, 0) is 25.6 Å². The number of carboxylic acids is 1. The van der Waals surface area contributed by atoms with Crippen molar-refractivity contribution in [3.05, 3.63) is 35.9 Å². The van der Waals surface area contributed by atoms with Crippen LogP contribution in [0.4, 0.5) is 0 Å². The Kier molecular flexibility index (Phi) is 14.5. The molecule has 0 saturated heterocycles. The van der Waals surface area contributed by atoms with Crippen molar-refractivity contribution in [3.8, 4) is 0 Å². The van der Waals surface area contributed by atoms with Gasteiger partial charge in [-0.25, -0.2) is 4.79 Å². The summed E-state index contributed by atoms with van der Waals surface area (Å²) in [6.45, 7) is 4.27. The van der Waals surface area contributed by atoms with Crippen molar-refractivity contribution in [2.45, 2.75) is 102 Å². The minimum atomic E-state index is -1.14. The Morgan fingerprint density at radius 1 is 0.923 bits per heavy atom. The van der Waals surface area contributed by atoms with E-state index in [9.17, 15) is 24.3 Å². The lowest BCUT2D eigenvalue weighted by Gasteiger charge is -2.29. The van der Waals surface area contributed by atoms with E-state index in [0.717, 1.165) is 31.2 Å². The van der Waals surface area contributed by atoms with Crippen molar-refractivity contribution in [3.63, 3.8) is 0 Å². The van der Waals surface area contributed by atoms with Crippen LogP contribution >= 0.6 is 0 Å². The van der Waals surface area contributed by atoms with E-state index < -0.39 is 35.9 Å². The van der Waals surface area contributed by atoms with Crippen molar-refractivity contribution in [2.24, 2.45) is 11.7 Å². The van der Waals surface area contributed by atoms with Gasteiger partial charge in [0, 0.05) is 12.5 Å². The van der Waals surface area contributed by atoms with Crippen LogP contribution < -0.4 is 27.0 Å². The molecule has 0 radical (unpaired) electrons. The highest BCUT2D eigenvalue weighted by atomic mass is 16.4. The molecule has 1 fully saturated rings. The Hall–Kier alpha value is -2.98. The molecule has 0 bridgehead atoms. The number of carboxylic acid groups (broad SMARTS) is 1. The van der Waals surface area contributed by atoms with E-state index in [1.807, 2.05) is 30.3 Å². The minimum absolute atomic E-state index is 0.181. The van der Waals surface area contributed by atoms with Crippen LogP contribution in [0.25, 0.3) is 0 Å². The zero-order valence-corrected chi connectivity index (χ0v) is 23.4. The smallest absolute Gasteiger partial charge is 0.326 e. The molecule has 0 unspecified atom stereocenters. The van der Waals surface area contributed by atoms with Crippen LogP contribution in [0.3, 0.4) is 0 Å². The van der Waals surface area contributed by atoms with Gasteiger partial charge in [-0.15, -0.1) is 0 Å².